The van der Waals surface area contributed by atoms with E-state index in [1.165, 1.54) is 31.2 Å². The summed E-state index contributed by atoms with van der Waals surface area (Å²) >= 11 is 0. The third kappa shape index (κ3) is 5.10. The van der Waals surface area contributed by atoms with Gasteiger partial charge in [-0.05, 0) is 44.1 Å². The first-order valence-electron chi connectivity index (χ1n) is 7.76. The fraction of sp³-hybridized carbons (Fsp3) is 0.556. The Balaban J connectivity index is 1.61. The molecule has 0 unspecified atom stereocenters. The van der Waals surface area contributed by atoms with Crippen molar-refractivity contribution >= 4 is 0 Å². The van der Waals surface area contributed by atoms with Crippen LogP contribution in [0.1, 0.15) is 44.1 Å². The molecule has 0 aliphatic heterocycles. The summed E-state index contributed by atoms with van der Waals surface area (Å²) < 4.78 is 5.51. The lowest BCUT2D eigenvalue weighted by Crippen LogP contribution is -2.35. The third-order valence-corrected chi connectivity index (χ3v) is 4.03. The summed E-state index contributed by atoms with van der Waals surface area (Å²) in [7, 11) is 0. The van der Waals surface area contributed by atoms with Crippen LogP contribution < -0.4 is 5.32 Å². The van der Waals surface area contributed by atoms with Crippen LogP contribution in [0.4, 0.5) is 0 Å². The second-order valence-corrected chi connectivity index (χ2v) is 5.92. The summed E-state index contributed by atoms with van der Waals surface area (Å²) in [6.07, 6.45) is 5.16. The Labute approximate surface area is 123 Å². The highest BCUT2D eigenvalue weighted by Gasteiger charge is 2.21. The van der Waals surface area contributed by atoms with Gasteiger partial charge < -0.3 is 10.1 Å². The Morgan fingerprint density at radius 3 is 2.55 bits per heavy atom. The predicted molar refractivity (Wildman–Crippen MR) is 85.1 cm³/mol. The molecule has 2 heteroatoms. The van der Waals surface area contributed by atoms with Crippen molar-refractivity contribution in [2.75, 3.05) is 19.8 Å². The molecule has 0 bridgehead atoms. The van der Waals surface area contributed by atoms with Crippen LogP contribution >= 0.6 is 0 Å². The minimum absolute atomic E-state index is 0.670. The summed E-state index contributed by atoms with van der Waals surface area (Å²) in [4.78, 5) is 0. The highest BCUT2D eigenvalue weighted by molar-refractivity contribution is 5.20. The number of hydrogen-bond acceptors (Lipinski definition) is 2. The molecule has 20 heavy (non-hydrogen) atoms. The monoisotopic (exact) mass is 273 g/mol. The molecular weight excluding hydrogens is 246 g/mol. The number of nitrogens with one attached hydrogen (secondary N) is 1. The lowest BCUT2D eigenvalue weighted by atomic mass is 9.82. The van der Waals surface area contributed by atoms with Gasteiger partial charge in [-0.1, -0.05) is 42.5 Å². The number of hydrogen-bond donors (Lipinski definition) is 1. The average Bonchev–Trinajstić information content (AvgIpc) is 2.48. The molecule has 1 N–H and O–H groups in total. The molecule has 1 saturated carbocycles. The maximum absolute atomic E-state index is 5.51. The molecule has 0 amide bonds. The van der Waals surface area contributed by atoms with Gasteiger partial charge in [-0.3, -0.25) is 0 Å². The van der Waals surface area contributed by atoms with Crippen molar-refractivity contribution in [1.29, 1.82) is 0 Å². The van der Waals surface area contributed by atoms with Gasteiger partial charge in [-0.2, -0.15) is 0 Å². The van der Waals surface area contributed by atoms with Crippen molar-refractivity contribution < 1.29 is 4.74 Å². The molecule has 2 rings (SSSR count). The lowest BCUT2D eigenvalue weighted by Gasteiger charge is -2.29. The first-order chi connectivity index (χ1) is 9.75. The molecule has 1 fully saturated rings. The van der Waals surface area contributed by atoms with E-state index in [9.17, 15) is 0 Å². The molecule has 2 nitrogen and oxygen atoms in total. The Hall–Kier alpha value is -1.12. The van der Waals surface area contributed by atoms with Gasteiger partial charge in [0.2, 0.25) is 0 Å². The standard InChI is InChI=1S/C18H27NO/c1-15(2)14-20-13-12-19-18-10-8-17(9-11-18)16-6-4-3-5-7-16/h3-7,17-19H,1,8-14H2,2H3. The van der Waals surface area contributed by atoms with Gasteiger partial charge in [-0.25, -0.2) is 0 Å². The van der Waals surface area contributed by atoms with Gasteiger partial charge in [0.1, 0.15) is 0 Å². The van der Waals surface area contributed by atoms with Crippen LogP contribution in [0.3, 0.4) is 0 Å². The molecule has 0 heterocycles. The minimum Gasteiger partial charge on any atom is -0.376 e. The molecule has 0 aromatic heterocycles. The highest BCUT2D eigenvalue weighted by atomic mass is 16.5. The fourth-order valence-corrected chi connectivity index (χ4v) is 2.94. The lowest BCUT2D eigenvalue weighted by molar-refractivity contribution is 0.152. The van der Waals surface area contributed by atoms with E-state index in [0.717, 1.165) is 24.6 Å². The summed E-state index contributed by atoms with van der Waals surface area (Å²) in [6.45, 7) is 8.25. The van der Waals surface area contributed by atoms with Crippen LogP contribution in [0.2, 0.25) is 0 Å². The van der Waals surface area contributed by atoms with Crippen molar-refractivity contribution in [2.45, 2.75) is 44.6 Å². The minimum atomic E-state index is 0.670. The topological polar surface area (TPSA) is 21.3 Å². The zero-order valence-electron chi connectivity index (χ0n) is 12.6. The highest BCUT2D eigenvalue weighted by Crippen LogP contribution is 2.32. The zero-order valence-corrected chi connectivity index (χ0v) is 12.6. The van der Waals surface area contributed by atoms with Crippen LogP contribution in [0, 0.1) is 0 Å². The van der Waals surface area contributed by atoms with Gasteiger partial charge in [0.15, 0.2) is 0 Å². The van der Waals surface area contributed by atoms with Gasteiger partial charge in [0.25, 0.3) is 0 Å². The summed E-state index contributed by atoms with van der Waals surface area (Å²) in [6, 6.07) is 11.6. The molecule has 1 aliphatic rings. The van der Waals surface area contributed by atoms with Crippen LogP contribution in [0.15, 0.2) is 42.5 Å². The van der Waals surface area contributed by atoms with E-state index in [0.29, 0.717) is 12.6 Å². The molecule has 0 spiro atoms. The molecule has 0 radical (unpaired) electrons. The molecule has 0 atom stereocenters. The molecule has 1 aromatic carbocycles. The van der Waals surface area contributed by atoms with Crippen LogP contribution in [0.25, 0.3) is 0 Å². The van der Waals surface area contributed by atoms with E-state index in [-0.39, 0.29) is 0 Å². The first kappa shape index (κ1) is 15.3. The van der Waals surface area contributed by atoms with Crippen molar-refractivity contribution in [2.24, 2.45) is 0 Å². The maximum Gasteiger partial charge on any atom is 0.0672 e. The Morgan fingerprint density at radius 2 is 1.90 bits per heavy atom. The van der Waals surface area contributed by atoms with E-state index in [2.05, 4.69) is 42.2 Å². The molecule has 0 saturated heterocycles. The summed E-state index contributed by atoms with van der Waals surface area (Å²) in [5, 5.41) is 3.61. The van der Waals surface area contributed by atoms with Gasteiger partial charge in [-0.15, -0.1) is 0 Å². The number of rotatable bonds is 7. The van der Waals surface area contributed by atoms with E-state index in [4.69, 9.17) is 4.74 Å². The van der Waals surface area contributed by atoms with E-state index in [1.807, 2.05) is 6.92 Å². The number of benzene rings is 1. The van der Waals surface area contributed by atoms with Crippen LogP contribution in [-0.4, -0.2) is 25.8 Å². The molecule has 110 valence electrons. The fourth-order valence-electron chi connectivity index (χ4n) is 2.94. The third-order valence-electron chi connectivity index (χ3n) is 4.03. The normalized spacial score (nSPS) is 22.6. The van der Waals surface area contributed by atoms with Crippen molar-refractivity contribution in [3.8, 4) is 0 Å². The quantitative estimate of drug-likeness (QED) is 0.601. The van der Waals surface area contributed by atoms with Crippen molar-refractivity contribution in [1.82, 2.24) is 5.32 Å². The van der Waals surface area contributed by atoms with Gasteiger partial charge >= 0.3 is 0 Å². The Morgan fingerprint density at radius 1 is 1.20 bits per heavy atom. The van der Waals surface area contributed by atoms with Gasteiger partial charge in [0, 0.05) is 12.6 Å². The Bertz CT molecular complexity index is 393. The smallest absolute Gasteiger partial charge is 0.0672 e. The molecule has 1 aliphatic carbocycles. The van der Waals surface area contributed by atoms with Gasteiger partial charge in [0.05, 0.1) is 13.2 Å². The van der Waals surface area contributed by atoms with Crippen molar-refractivity contribution in [3.05, 3.63) is 48.0 Å². The predicted octanol–water partition coefficient (Wildman–Crippen LogP) is 3.90. The summed E-state index contributed by atoms with van der Waals surface area (Å²) in [5.41, 5.74) is 2.60. The maximum atomic E-state index is 5.51. The average molecular weight is 273 g/mol. The second kappa shape index (κ2) is 8.23. The first-order valence-corrected chi connectivity index (χ1v) is 7.76. The number of ether oxygens (including phenoxy) is 1. The SMILES string of the molecule is C=C(C)COCCNC1CCC(c2ccccc2)CC1. The zero-order chi connectivity index (χ0) is 14.2. The van der Waals surface area contributed by atoms with E-state index in [1.54, 1.807) is 0 Å². The van der Waals surface area contributed by atoms with Crippen LogP contribution in [-0.2, 0) is 4.74 Å². The summed E-state index contributed by atoms with van der Waals surface area (Å²) in [5.74, 6) is 0.758. The Kier molecular flexibility index (Phi) is 6.28. The molecular formula is C18H27NO. The van der Waals surface area contributed by atoms with E-state index < -0.39 is 0 Å². The van der Waals surface area contributed by atoms with E-state index >= 15 is 0 Å². The van der Waals surface area contributed by atoms with Crippen LogP contribution in [0.5, 0.6) is 0 Å². The second-order valence-electron chi connectivity index (χ2n) is 5.92. The van der Waals surface area contributed by atoms with Crippen molar-refractivity contribution in [3.63, 3.8) is 0 Å². The largest absolute Gasteiger partial charge is 0.376 e. The molecule has 1 aromatic rings.